The van der Waals surface area contributed by atoms with Gasteiger partial charge in [0.2, 0.25) is 0 Å². The standard InChI is InChI=1S/C14H24N2O/c1-10-5-4-8-16(12(10)3)13(9-15)14-7-6-11(2)17-14/h6-7,10,12-13H,4-5,8-9,15H2,1-3H3. The minimum Gasteiger partial charge on any atom is -0.465 e. The fourth-order valence-electron chi connectivity index (χ4n) is 2.85. The molecule has 1 saturated heterocycles. The summed E-state index contributed by atoms with van der Waals surface area (Å²) in [5.74, 6) is 2.73. The predicted molar refractivity (Wildman–Crippen MR) is 69.8 cm³/mol. The third-order valence-corrected chi connectivity index (χ3v) is 4.14. The van der Waals surface area contributed by atoms with Crippen molar-refractivity contribution in [3.63, 3.8) is 0 Å². The van der Waals surface area contributed by atoms with Gasteiger partial charge in [-0.25, -0.2) is 0 Å². The van der Waals surface area contributed by atoms with Gasteiger partial charge in [-0.1, -0.05) is 6.92 Å². The van der Waals surface area contributed by atoms with Gasteiger partial charge in [0.1, 0.15) is 11.5 Å². The molecular formula is C14H24N2O. The summed E-state index contributed by atoms with van der Waals surface area (Å²) in [6, 6.07) is 4.92. The fraction of sp³-hybridized carbons (Fsp3) is 0.714. The number of aryl methyl sites for hydroxylation is 1. The Kier molecular flexibility index (Phi) is 3.89. The summed E-state index contributed by atoms with van der Waals surface area (Å²) in [5, 5.41) is 0. The number of hydrogen-bond acceptors (Lipinski definition) is 3. The van der Waals surface area contributed by atoms with Crippen LogP contribution in [0, 0.1) is 12.8 Å². The molecule has 96 valence electrons. The second kappa shape index (κ2) is 5.23. The van der Waals surface area contributed by atoms with Crippen LogP contribution in [0.1, 0.15) is 44.3 Å². The van der Waals surface area contributed by atoms with Crippen molar-refractivity contribution < 1.29 is 4.42 Å². The van der Waals surface area contributed by atoms with Gasteiger partial charge in [0.15, 0.2) is 0 Å². The third kappa shape index (κ3) is 2.55. The maximum absolute atomic E-state index is 5.95. The van der Waals surface area contributed by atoms with Crippen molar-refractivity contribution in [3.8, 4) is 0 Å². The zero-order chi connectivity index (χ0) is 12.4. The largest absolute Gasteiger partial charge is 0.465 e. The van der Waals surface area contributed by atoms with Crippen LogP contribution in [0.4, 0.5) is 0 Å². The molecule has 3 unspecified atom stereocenters. The minimum absolute atomic E-state index is 0.237. The molecule has 0 radical (unpaired) electrons. The molecule has 1 aromatic rings. The summed E-state index contributed by atoms with van der Waals surface area (Å²) in [4.78, 5) is 2.51. The molecule has 0 saturated carbocycles. The molecule has 0 bridgehead atoms. The van der Waals surface area contributed by atoms with Gasteiger partial charge < -0.3 is 10.2 Å². The van der Waals surface area contributed by atoms with Gasteiger partial charge in [0, 0.05) is 12.6 Å². The van der Waals surface area contributed by atoms with Crippen LogP contribution in [0.3, 0.4) is 0 Å². The Morgan fingerprint density at radius 1 is 1.47 bits per heavy atom. The third-order valence-electron chi connectivity index (χ3n) is 4.14. The molecule has 0 aliphatic carbocycles. The molecule has 3 heteroatoms. The summed E-state index contributed by atoms with van der Waals surface area (Å²) in [6.45, 7) is 8.39. The van der Waals surface area contributed by atoms with Crippen molar-refractivity contribution in [2.24, 2.45) is 11.7 Å². The van der Waals surface area contributed by atoms with Gasteiger partial charge in [0.05, 0.1) is 6.04 Å². The average Bonchev–Trinajstić information content (AvgIpc) is 2.72. The van der Waals surface area contributed by atoms with Crippen LogP contribution in [-0.4, -0.2) is 24.0 Å². The van der Waals surface area contributed by atoms with Crippen molar-refractivity contribution in [1.29, 1.82) is 0 Å². The normalized spacial score (nSPS) is 28.2. The molecule has 3 atom stereocenters. The molecule has 0 spiro atoms. The highest BCUT2D eigenvalue weighted by Crippen LogP contribution is 2.31. The molecule has 2 heterocycles. The second-order valence-electron chi connectivity index (χ2n) is 5.30. The number of piperidine rings is 1. The molecule has 1 aromatic heterocycles. The Bertz CT molecular complexity index is 361. The molecule has 0 aromatic carbocycles. The Hall–Kier alpha value is -0.800. The molecule has 2 N–H and O–H groups in total. The molecule has 1 aliphatic heterocycles. The van der Waals surface area contributed by atoms with E-state index in [4.69, 9.17) is 10.2 Å². The lowest BCUT2D eigenvalue weighted by molar-refractivity contribution is 0.0609. The zero-order valence-corrected chi connectivity index (χ0v) is 11.1. The molecule has 1 aliphatic rings. The fourth-order valence-corrected chi connectivity index (χ4v) is 2.85. The van der Waals surface area contributed by atoms with E-state index in [0.717, 1.165) is 24.0 Å². The lowest BCUT2D eigenvalue weighted by Crippen LogP contribution is -2.46. The molecule has 2 rings (SSSR count). The molecule has 0 amide bonds. The van der Waals surface area contributed by atoms with Crippen molar-refractivity contribution in [3.05, 3.63) is 23.7 Å². The number of nitrogens with zero attached hydrogens (tertiary/aromatic N) is 1. The summed E-state index contributed by atoms with van der Waals surface area (Å²) in [7, 11) is 0. The Balaban J connectivity index is 2.17. The van der Waals surface area contributed by atoms with E-state index in [1.54, 1.807) is 0 Å². The van der Waals surface area contributed by atoms with Crippen molar-refractivity contribution in [1.82, 2.24) is 4.90 Å². The summed E-state index contributed by atoms with van der Waals surface area (Å²) in [6.07, 6.45) is 2.59. The van der Waals surface area contributed by atoms with Gasteiger partial charge in [-0.3, -0.25) is 4.90 Å². The van der Waals surface area contributed by atoms with Crippen LogP contribution in [-0.2, 0) is 0 Å². The highest BCUT2D eigenvalue weighted by molar-refractivity contribution is 5.11. The van der Waals surface area contributed by atoms with Crippen molar-refractivity contribution >= 4 is 0 Å². The highest BCUT2D eigenvalue weighted by Gasteiger charge is 2.31. The van der Waals surface area contributed by atoms with Crippen molar-refractivity contribution in [2.45, 2.75) is 45.7 Å². The summed E-state index contributed by atoms with van der Waals surface area (Å²) in [5.41, 5.74) is 5.95. The first-order chi connectivity index (χ1) is 8.13. The number of furan rings is 1. The average molecular weight is 236 g/mol. The van der Waals surface area contributed by atoms with Crippen LogP contribution in [0.5, 0.6) is 0 Å². The van der Waals surface area contributed by atoms with Gasteiger partial charge in [-0.2, -0.15) is 0 Å². The van der Waals surface area contributed by atoms with E-state index >= 15 is 0 Å². The maximum atomic E-state index is 5.95. The SMILES string of the molecule is Cc1ccc(C(CN)N2CCCC(C)C2C)o1. The Labute approximate surface area is 104 Å². The van der Waals surface area contributed by atoms with Crippen LogP contribution in [0.15, 0.2) is 16.5 Å². The smallest absolute Gasteiger partial charge is 0.122 e. The lowest BCUT2D eigenvalue weighted by atomic mass is 9.90. The van der Waals surface area contributed by atoms with E-state index in [1.165, 1.54) is 12.8 Å². The van der Waals surface area contributed by atoms with E-state index in [1.807, 2.05) is 13.0 Å². The monoisotopic (exact) mass is 236 g/mol. The van der Waals surface area contributed by atoms with Gasteiger partial charge in [-0.05, 0) is 51.3 Å². The predicted octanol–water partition coefficient (Wildman–Crippen LogP) is 2.71. The minimum atomic E-state index is 0.237. The number of hydrogen-bond donors (Lipinski definition) is 1. The first-order valence-electron chi connectivity index (χ1n) is 6.65. The summed E-state index contributed by atoms with van der Waals surface area (Å²) >= 11 is 0. The van der Waals surface area contributed by atoms with Crippen molar-refractivity contribution in [2.75, 3.05) is 13.1 Å². The van der Waals surface area contributed by atoms with E-state index in [-0.39, 0.29) is 6.04 Å². The second-order valence-corrected chi connectivity index (χ2v) is 5.30. The van der Waals surface area contributed by atoms with Gasteiger partial charge in [-0.15, -0.1) is 0 Å². The van der Waals surface area contributed by atoms with E-state index < -0.39 is 0 Å². The number of nitrogens with two attached hydrogens (primary N) is 1. The number of likely N-dealkylation sites (tertiary alicyclic amines) is 1. The first-order valence-corrected chi connectivity index (χ1v) is 6.65. The topological polar surface area (TPSA) is 42.4 Å². The first kappa shape index (κ1) is 12.7. The molecule has 1 fully saturated rings. The maximum Gasteiger partial charge on any atom is 0.122 e. The van der Waals surface area contributed by atoms with Gasteiger partial charge in [0.25, 0.3) is 0 Å². The Morgan fingerprint density at radius 2 is 2.24 bits per heavy atom. The molecule has 3 nitrogen and oxygen atoms in total. The lowest BCUT2D eigenvalue weighted by Gasteiger charge is -2.41. The highest BCUT2D eigenvalue weighted by atomic mass is 16.3. The van der Waals surface area contributed by atoms with E-state index in [0.29, 0.717) is 12.6 Å². The quantitative estimate of drug-likeness (QED) is 0.877. The number of rotatable bonds is 3. The van der Waals surface area contributed by atoms with Crippen LogP contribution < -0.4 is 5.73 Å². The Morgan fingerprint density at radius 3 is 2.82 bits per heavy atom. The van der Waals surface area contributed by atoms with Crippen LogP contribution in [0.2, 0.25) is 0 Å². The van der Waals surface area contributed by atoms with Gasteiger partial charge >= 0.3 is 0 Å². The van der Waals surface area contributed by atoms with E-state index in [2.05, 4.69) is 24.8 Å². The van der Waals surface area contributed by atoms with Crippen LogP contribution >= 0.6 is 0 Å². The van der Waals surface area contributed by atoms with E-state index in [9.17, 15) is 0 Å². The van der Waals surface area contributed by atoms with Crippen LogP contribution in [0.25, 0.3) is 0 Å². The molecule has 17 heavy (non-hydrogen) atoms. The summed E-state index contributed by atoms with van der Waals surface area (Å²) < 4.78 is 5.75. The zero-order valence-electron chi connectivity index (χ0n) is 11.1. The molecular weight excluding hydrogens is 212 g/mol.